The first-order valence-electron chi connectivity index (χ1n) is 12.5. The zero-order chi connectivity index (χ0) is 28.2. The Morgan fingerprint density at radius 3 is 2.25 bits per heavy atom. The minimum absolute atomic E-state index is 0.0126. The number of para-hydroxylation sites is 1. The van der Waals surface area contributed by atoms with E-state index in [0.29, 0.717) is 22.4 Å². The van der Waals surface area contributed by atoms with E-state index < -0.39 is 29.1 Å². The molecule has 5 aromatic rings. The summed E-state index contributed by atoms with van der Waals surface area (Å²) in [5.41, 5.74) is 1.19. The van der Waals surface area contributed by atoms with Gasteiger partial charge in [0.05, 0.1) is 22.6 Å². The molecule has 40 heavy (non-hydrogen) atoms. The lowest BCUT2D eigenvalue weighted by Crippen LogP contribution is -2.29. The molecule has 1 aliphatic heterocycles. The van der Waals surface area contributed by atoms with Gasteiger partial charge in [-0.25, -0.2) is 0 Å². The number of aryl methyl sites for hydroxylation is 2. The predicted molar refractivity (Wildman–Crippen MR) is 145 cm³/mol. The van der Waals surface area contributed by atoms with Crippen LogP contribution >= 0.6 is 0 Å². The van der Waals surface area contributed by atoms with Crippen LogP contribution in [0.15, 0.2) is 100 Å². The fourth-order valence-corrected chi connectivity index (χ4v) is 5.01. The van der Waals surface area contributed by atoms with Crippen LogP contribution in [-0.2, 0) is 6.18 Å². The summed E-state index contributed by atoms with van der Waals surface area (Å²) in [4.78, 5) is 29.0. The molecule has 2 heterocycles. The smallest absolute Gasteiger partial charge is 0.416 e. The summed E-state index contributed by atoms with van der Waals surface area (Å²) in [5, 5.41) is 0.294. The Morgan fingerprint density at radius 1 is 0.800 bits per heavy atom. The van der Waals surface area contributed by atoms with Crippen molar-refractivity contribution in [2.75, 3.05) is 4.90 Å². The Kier molecular flexibility index (Phi) is 5.98. The first-order valence-corrected chi connectivity index (χ1v) is 12.5. The van der Waals surface area contributed by atoms with Crippen LogP contribution in [0.5, 0.6) is 11.5 Å². The highest BCUT2D eigenvalue weighted by molar-refractivity contribution is 6.10. The maximum Gasteiger partial charge on any atom is 0.416 e. The number of fused-ring (bicyclic) bond motifs is 2. The average molecular weight is 542 g/mol. The fraction of sp³-hybridized carbons (Fsp3) is 0.125. The average Bonchev–Trinajstić information content (AvgIpc) is 3.22. The molecule has 0 spiro atoms. The van der Waals surface area contributed by atoms with Crippen LogP contribution in [0.1, 0.15) is 44.4 Å². The summed E-state index contributed by atoms with van der Waals surface area (Å²) in [7, 11) is 0. The minimum Gasteiger partial charge on any atom is -0.457 e. The van der Waals surface area contributed by atoms with Gasteiger partial charge in [-0.3, -0.25) is 14.5 Å². The Bertz CT molecular complexity index is 1840. The molecule has 0 bridgehead atoms. The van der Waals surface area contributed by atoms with Gasteiger partial charge in [0.25, 0.3) is 5.91 Å². The summed E-state index contributed by atoms with van der Waals surface area (Å²) in [5.74, 6) is 0.113. The largest absolute Gasteiger partial charge is 0.457 e. The molecule has 5 nitrogen and oxygen atoms in total. The van der Waals surface area contributed by atoms with E-state index in [1.807, 2.05) is 32.0 Å². The van der Waals surface area contributed by atoms with Crippen LogP contribution in [0, 0.1) is 13.8 Å². The summed E-state index contributed by atoms with van der Waals surface area (Å²) in [6.45, 7) is 3.73. The number of carbonyl (C=O) groups excluding carboxylic acids is 1. The number of amides is 1. The van der Waals surface area contributed by atoms with Gasteiger partial charge in [-0.2, -0.15) is 13.2 Å². The summed E-state index contributed by atoms with van der Waals surface area (Å²) >= 11 is 0. The lowest BCUT2D eigenvalue weighted by Gasteiger charge is -2.26. The monoisotopic (exact) mass is 541 g/mol. The van der Waals surface area contributed by atoms with Crippen molar-refractivity contribution in [3.05, 3.63) is 135 Å². The molecule has 6 rings (SSSR count). The number of halogens is 3. The second-order valence-electron chi connectivity index (χ2n) is 9.72. The number of anilines is 1. The third-order valence-corrected chi connectivity index (χ3v) is 7.09. The quantitative estimate of drug-likeness (QED) is 0.232. The van der Waals surface area contributed by atoms with Crippen molar-refractivity contribution in [3.8, 4) is 11.5 Å². The lowest BCUT2D eigenvalue weighted by molar-refractivity contribution is -0.137. The molecule has 0 fully saturated rings. The highest BCUT2D eigenvalue weighted by atomic mass is 19.4. The summed E-state index contributed by atoms with van der Waals surface area (Å²) in [6, 6.07) is 22.7. The van der Waals surface area contributed by atoms with E-state index in [1.54, 1.807) is 48.5 Å². The molecule has 0 saturated heterocycles. The lowest BCUT2D eigenvalue weighted by atomic mass is 9.97. The van der Waals surface area contributed by atoms with E-state index in [-0.39, 0.29) is 22.6 Å². The molecule has 1 amide bonds. The Morgan fingerprint density at radius 2 is 1.50 bits per heavy atom. The molecule has 1 aliphatic rings. The molecule has 0 radical (unpaired) electrons. The minimum atomic E-state index is -4.62. The number of alkyl halides is 3. The first kappa shape index (κ1) is 25.4. The van der Waals surface area contributed by atoms with Crippen molar-refractivity contribution in [2.24, 2.45) is 0 Å². The van der Waals surface area contributed by atoms with Gasteiger partial charge in [0, 0.05) is 5.69 Å². The molecule has 1 unspecified atom stereocenters. The maximum absolute atomic E-state index is 13.9. The summed E-state index contributed by atoms with van der Waals surface area (Å²) in [6.07, 6.45) is -4.62. The normalized spacial score (nSPS) is 15.0. The molecule has 8 heteroatoms. The maximum atomic E-state index is 13.9. The molecular formula is C32H22F3NO4. The number of hydrogen-bond donors (Lipinski definition) is 0. The standard InChI is InChI=1S/C32H22F3NO4/c1-18-14-25-26(15-19(18)2)40-30-27(29(25)37)28(20-8-6-13-24(16-20)39-23-11-4-3-5-12-23)36(31(30)38)22-10-7-9-21(17-22)32(33,34)35/h3-17,28H,1-2H3. The number of carbonyl (C=O) groups is 1. The highest BCUT2D eigenvalue weighted by Gasteiger charge is 2.44. The number of benzene rings is 4. The molecule has 0 aliphatic carbocycles. The second-order valence-corrected chi connectivity index (χ2v) is 9.72. The third kappa shape index (κ3) is 4.31. The van der Waals surface area contributed by atoms with Gasteiger partial charge < -0.3 is 9.15 Å². The molecule has 200 valence electrons. The van der Waals surface area contributed by atoms with E-state index in [4.69, 9.17) is 9.15 Å². The van der Waals surface area contributed by atoms with E-state index in [2.05, 4.69) is 0 Å². The van der Waals surface area contributed by atoms with Crippen molar-refractivity contribution < 1.29 is 27.1 Å². The third-order valence-electron chi connectivity index (χ3n) is 7.09. The number of nitrogens with zero attached hydrogens (tertiary/aromatic N) is 1. The van der Waals surface area contributed by atoms with Crippen LogP contribution in [0.25, 0.3) is 11.0 Å². The number of ether oxygens (including phenoxy) is 1. The van der Waals surface area contributed by atoms with E-state index >= 15 is 0 Å². The molecule has 0 N–H and O–H groups in total. The van der Waals surface area contributed by atoms with Crippen molar-refractivity contribution in [2.45, 2.75) is 26.1 Å². The van der Waals surface area contributed by atoms with Crippen LogP contribution < -0.4 is 15.1 Å². The van der Waals surface area contributed by atoms with Crippen LogP contribution in [-0.4, -0.2) is 5.91 Å². The SMILES string of the molecule is Cc1cc2oc3c(c(=O)c2cc1C)C(c1cccc(Oc2ccccc2)c1)N(c1cccc(C(F)(F)F)c1)C3=O. The van der Waals surface area contributed by atoms with Gasteiger partial charge in [0.1, 0.15) is 17.1 Å². The van der Waals surface area contributed by atoms with Crippen molar-refractivity contribution in [3.63, 3.8) is 0 Å². The second kappa shape index (κ2) is 9.41. The molecule has 1 atom stereocenters. The Balaban J connectivity index is 1.57. The van der Waals surface area contributed by atoms with Crippen LogP contribution in [0.2, 0.25) is 0 Å². The van der Waals surface area contributed by atoms with Gasteiger partial charge >= 0.3 is 6.18 Å². The van der Waals surface area contributed by atoms with Gasteiger partial charge in [0.15, 0.2) is 5.43 Å². The Hall–Kier alpha value is -4.85. The first-order chi connectivity index (χ1) is 19.1. The number of hydrogen-bond acceptors (Lipinski definition) is 4. The van der Waals surface area contributed by atoms with Crippen LogP contribution in [0.4, 0.5) is 18.9 Å². The fourth-order valence-electron chi connectivity index (χ4n) is 5.01. The zero-order valence-corrected chi connectivity index (χ0v) is 21.5. The van der Waals surface area contributed by atoms with E-state index in [9.17, 15) is 22.8 Å². The van der Waals surface area contributed by atoms with Gasteiger partial charge in [-0.1, -0.05) is 36.4 Å². The van der Waals surface area contributed by atoms with Crippen molar-refractivity contribution in [1.82, 2.24) is 0 Å². The molecule has 4 aromatic carbocycles. The molecular weight excluding hydrogens is 519 g/mol. The van der Waals surface area contributed by atoms with Gasteiger partial charge in [-0.15, -0.1) is 0 Å². The molecule has 1 aromatic heterocycles. The highest BCUT2D eigenvalue weighted by Crippen LogP contribution is 2.43. The predicted octanol–water partition coefficient (Wildman–Crippen LogP) is 7.97. The van der Waals surface area contributed by atoms with Gasteiger partial charge in [0.2, 0.25) is 5.76 Å². The molecule has 0 saturated carbocycles. The van der Waals surface area contributed by atoms with Crippen LogP contribution in [0.3, 0.4) is 0 Å². The summed E-state index contributed by atoms with van der Waals surface area (Å²) < 4.78 is 52.9. The topological polar surface area (TPSA) is 59.8 Å². The van der Waals surface area contributed by atoms with Gasteiger partial charge in [-0.05, 0) is 85.1 Å². The Labute approximate surface area is 227 Å². The van der Waals surface area contributed by atoms with Crippen molar-refractivity contribution >= 4 is 22.6 Å². The van der Waals surface area contributed by atoms with E-state index in [1.165, 1.54) is 17.0 Å². The van der Waals surface area contributed by atoms with E-state index in [0.717, 1.165) is 23.3 Å². The zero-order valence-electron chi connectivity index (χ0n) is 21.5. The van der Waals surface area contributed by atoms with Crippen molar-refractivity contribution in [1.29, 1.82) is 0 Å². The number of rotatable bonds is 4.